The van der Waals surface area contributed by atoms with Crippen molar-refractivity contribution in [2.75, 3.05) is 13.1 Å². The van der Waals surface area contributed by atoms with E-state index in [4.69, 9.17) is 0 Å². The minimum Gasteiger partial charge on any atom is -0.309 e. The van der Waals surface area contributed by atoms with Gasteiger partial charge in [0.05, 0.1) is 6.04 Å². The molecule has 2 unspecified atom stereocenters. The first-order chi connectivity index (χ1) is 8.43. The molecule has 2 heterocycles. The monoisotopic (exact) mass is 267 g/mol. The zero-order chi connectivity index (χ0) is 13.3. The molecule has 1 aromatic rings. The third-order valence-electron chi connectivity index (χ3n) is 3.83. The Balaban J connectivity index is 2.17. The van der Waals surface area contributed by atoms with E-state index in [1.807, 2.05) is 17.5 Å². The summed E-state index contributed by atoms with van der Waals surface area (Å²) in [5, 5.41) is 4.90. The smallest absolute Gasteiger partial charge is 0.110 e. The van der Waals surface area contributed by atoms with Gasteiger partial charge < -0.3 is 5.32 Å². The van der Waals surface area contributed by atoms with Gasteiger partial charge in [-0.05, 0) is 34.1 Å². The van der Waals surface area contributed by atoms with Gasteiger partial charge in [0.15, 0.2) is 0 Å². The van der Waals surface area contributed by atoms with E-state index in [-0.39, 0.29) is 5.54 Å². The summed E-state index contributed by atoms with van der Waals surface area (Å²) >= 11 is 1.83. The highest BCUT2D eigenvalue weighted by Crippen LogP contribution is 2.30. The quantitative estimate of drug-likeness (QED) is 0.912. The van der Waals surface area contributed by atoms with E-state index >= 15 is 0 Å². The van der Waals surface area contributed by atoms with Crippen molar-refractivity contribution in [3.05, 3.63) is 16.1 Å². The number of rotatable bonds is 3. The minimum absolute atomic E-state index is 0.201. The molecule has 1 fully saturated rings. The molecular formula is C14H25N3S. The molecule has 2 atom stereocenters. The highest BCUT2D eigenvalue weighted by molar-refractivity contribution is 7.11. The lowest BCUT2D eigenvalue weighted by Crippen LogP contribution is -2.61. The van der Waals surface area contributed by atoms with E-state index in [9.17, 15) is 0 Å². The Bertz CT molecular complexity index is 399. The summed E-state index contributed by atoms with van der Waals surface area (Å²) < 4.78 is 0. The van der Waals surface area contributed by atoms with Crippen molar-refractivity contribution in [3.63, 3.8) is 0 Å². The lowest BCUT2D eigenvalue weighted by molar-refractivity contribution is 0.0579. The summed E-state index contributed by atoms with van der Waals surface area (Å²) in [6.45, 7) is 13.4. The number of aromatic nitrogens is 1. The van der Waals surface area contributed by atoms with Gasteiger partial charge in [0.25, 0.3) is 0 Å². The Morgan fingerprint density at radius 1 is 1.61 bits per heavy atom. The van der Waals surface area contributed by atoms with Crippen LogP contribution in [0.2, 0.25) is 0 Å². The van der Waals surface area contributed by atoms with E-state index in [0.29, 0.717) is 12.1 Å². The number of piperazine rings is 1. The van der Waals surface area contributed by atoms with Crippen LogP contribution in [0, 0.1) is 6.92 Å². The SMILES string of the molecule is CCC1CNC(C)(C)CN1C(C)c1ncc(C)s1. The molecule has 1 aliphatic rings. The van der Waals surface area contributed by atoms with Crippen LogP contribution in [0.5, 0.6) is 0 Å². The Hall–Kier alpha value is -0.450. The highest BCUT2D eigenvalue weighted by Gasteiger charge is 2.35. The first kappa shape index (κ1) is 14.0. The molecule has 0 radical (unpaired) electrons. The lowest BCUT2D eigenvalue weighted by atomic mass is 9.96. The molecule has 1 aliphatic heterocycles. The van der Waals surface area contributed by atoms with Crippen molar-refractivity contribution in [2.24, 2.45) is 0 Å². The molecule has 3 nitrogen and oxygen atoms in total. The predicted octanol–water partition coefficient (Wildman–Crippen LogP) is 2.97. The molecule has 0 aromatic carbocycles. The first-order valence-corrected chi connectivity index (χ1v) is 7.67. The lowest BCUT2D eigenvalue weighted by Gasteiger charge is -2.46. The number of aryl methyl sites for hydroxylation is 1. The maximum Gasteiger partial charge on any atom is 0.110 e. The van der Waals surface area contributed by atoms with E-state index in [1.54, 1.807) is 0 Å². The average Bonchev–Trinajstić information content (AvgIpc) is 2.74. The molecule has 1 N–H and O–H groups in total. The van der Waals surface area contributed by atoms with Crippen molar-refractivity contribution in [1.29, 1.82) is 0 Å². The number of nitrogens with one attached hydrogen (secondary N) is 1. The molecule has 1 saturated heterocycles. The number of hydrogen-bond acceptors (Lipinski definition) is 4. The second-order valence-corrected chi connectivity index (χ2v) is 7.25. The molecule has 18 heavy (non-hydrogen) atoms. The number of hydrogen-bond donors (Lipinski definition) is 1. The Kier molecular flexibility index (Phi) is 4.09. The van der Waals surface area contributed by atoms with Crippen LogP contribution in [0.1, 0.15) is 50.0 Å². The summed E-state index contributed by atoms with van der Waals surface area (Å²) in [5.74, 6) is 0. The summed E-state index contributed by atoms with van der Waals surface area (Å²) in [6, 6.07) is 1.05. The maximum absolute atomic E-state index is 4.56. The largest absolute Gasteiger partial charge is 0.309 e. The third-order valence-corrected chi connectivity index (χ3v) is 4.91. The zero-order valence-electron chi connectivity index (χ0n) is 12.2. The fourth-order valence-electron chi connectivity index (χ4n) is 2.69. The zero-order valence-corrected chi connectivity index (χ0v) is 13.0. The molecule has 0 amide bonds. The molecule has 0 aliphatic carbocycles. The van der Waals surface area contributed by atoms with Crippen LogP contribution in [-0.2, 0) is 0 Å². The van der Waals surface area contributed by atoms with Crippen LogP contribution in [0.4, 0.5) is 0 Å². The molecule has 102 valence electrons. The molecule has 0 saturated carbocycles. The Morgan fingerprint density at radius 2 is 2.33 bits per heavy atom. The Morgan fingerprint density at radius 3 is 2.89 bits per heavy atom. The molecule has 0 bridgehead atoms. The number of thiazole rings is 1. The van der Waals surface area contributed by atoms with Crippen LogP contribution in [-0.4, -0.2) is 34.6 Å². The molecular weight excluding hydrogens is 242 g/mol. The van der Waals surface area contributed by atoms with Crippen LogP contribution < -0.4 is 5.32 Å². The van der Waals surface area contributed by atoms with Gasteiger partial charge in [-0.2, -0.15) is 0 Å². The highest BCUT2D eigenvalue weighted by atomic mass is 32.1. The second kappa shape index (κ2) is 5.27. The van der Waals surface area contributed by atoms with Crippen LogP contribution in [0.25, 0.3) is 0 Å². The molecule has 0 spiro atoms. The van der Waals surface area contributed by atoms with E-state index in [1.165, 1.54) is 16.3 Å². The van der Waals surface area contributed by atoms with Gasteiger partial charge in [-0.15, -0.1) is 11.3 Å². The third kappa shape index (κ3) is 2.92. The van der Waals surface area contributed by atoms with Gasteiger partial charge in [-0.1, -0.05) is 6.92 Å². The molecule has 1 aromatic heterocycles. The van der Waals surface area contributed by atoms with E-state index in [2.05, 4.69) is 49.8 Å². The molecule has 4 heteroatoms. The summed E-state index contributed by atoms with van der Waals surface area (Å²) in [6.07, 6.45) is 3.18. The molecule has 2 rings (SSSR count). The fraction of sp³-hybridized carbons (Fsp3) is 0.786. The van der Waals surface area contributed by atoms with Gasteiger partial charge in [-0.25, -0.2) is 4.98 Å². The standard InChI is InChI=1S/C14H25N3S/c1-6-12-8-16-14(4,5)9-17(12)11(3)13-15-7-10(2)18-13/h7,11-12,16H,6,8-9H2,1-5H3. The van der Waals surface area contributed by atoms with Crippen molar-refractivity contribution in [2.45, 2.75) is 58.7 Å². The van der Waals surface area contributed by atoms with Crippen LogP contribution in [0.15, 0.2) is 6.20 Å². The summed E-state index contributed by atoms with van der Waals surface area (Å²) in [5.41, 5.74) is 0.201. The van der Waals surface area contributed by atoms with E-state index in [0.717, 1.165) is 13.1 Å². The van der Waals surface area contributed by atoms with Gasteiger partial charge >= 0.3 is 0 Å². The van der Waals surface area contributed by atoms with E-state index < -0.39 is 0 Å². The normalized spacial score (nSPS) is 26.2. The van der Waals surface area contributed by atoms with Crippen LogP contribution in [0.3, 0.4) is 0 Å². The van der Waals surface area contributed by atoms with Gasteiger partial charge in [0.1, 0.15) is 5.01 Å². The van der Waals surface area contributed by atoms with Gasteiger partial charge in [0, 0.05) is 35.7 Å². The predicted molar refractivity (Wildman–Crippen MR) is 78.1 cm³/mol. The average molecular weight is 267 g/mol. The number of nitrogens with zero attached hydrogens (tertiary/aromatic N) is 2. The van der Waals surface area contributed by atoms with Crippen LogP contribution >= 0.6 is 11.3 Å². The van der Waals surface area contributed by atoms with Gasteiger partial charge in [0.2, 0.25) is 0 Å². The summed E-state index contributed by atoms with van der Waals surface area (Å²) in [7, 11) is 0. The van der Waals surface area contributed by atoms with Crippen molar-refractivity contribution < 1.29 is 0 Å². The minimum atomic E-state index is 0.201. The van der Waals surface area contributed by atoms with Crippen molar-refractivity contribution in [1.82, 2.24) is 15.2 Å². The van der Waals surface area contributed by atoms with Gasteiger partial charge in [-0.3, -0.25) is 4.90 Å². The second-order valence-electron chi connectivity index (χ2n) is 5.98. The van der Waals surface area contributed by atoms with Crippen molar-refractivity contribution >= 4 is 11.3 Å². The Labute approximate surface area is 115 Å². The van der Waals surface area contributed by atoms with Crippen molar-refractivity contribution in [3.8, 4) is 0 Å². The fourth-order valence-corrected chi connectivity index (χ4v) is 3.54. The topological polar surface area (TPSA) is 28.2 Å². The maximum atomic E-state index is 4.56. The summed E-state index contributed by atoms with van der Waals surface area (Å²) in [4.78, 5) is 8.49. The first-order valence-electron chi connectivity index (χ1n) is 6.86.